The highest BCUT2D eigenvalue weighted by Gasteiger charge is 2.14. The van der Waals surface area contributed by atoms with Crippen molar-refractivity contribution >= 4 is 49.3 Å². The zero-order chi connectivity index (χ0) is 15.4. The van der Waals surface area contributed by atoms with Gasteiger partial charge in [0, 0.05) is 16.6 Å². The van der Waals surface area contributed by atoms with Gasteiger partial charge in [-0.2, -0.15) is 0 Å². The standard InChI is InChI=1S/C15H16Br2ClN3/c1-3-7-19-15-13(17)12(4-2)20-14(21-15)10-6-5-9(16)8-11(10)18/h5-6,8H,3-4,7H2,1-2H3,(H,19,20,21). The highest BCUT2D eigenvalue weighted by atomic mass is 79.9. The van der Waals surface area contributed by atoms with Gasteiger partial charge in [0.25, 0.3) is 0 Å². The van der Waals surface area contributed by atoms with Gasteiger partial charge in [0.05, 0.1) is 15.2 Å². The van der Waals surface area contributed by atoms with E-state index in [0.717, 1.165) is 45.4 Å². The number of rotatable bonds is 5. The van der Waals surface area contributed by atoms with Gasteiger partial charge < -0.3 is 5.32 Å². The number of halogens is 3. The molecule has 1 aromatic carbocycles. The summed E-state index contributed by atoms with van der Waals surface area (Å²) in [4.78, 5) is 9.23. The van der Waals surface area contributed by atoms with Crippen LogP contribution < -0.4 is 5.32 Å². The smallest absolute Gasteiger partial charge is 0.163 e. The topological polar surface area (TPSA) is 37.8 Å². The normalized spacial score (nSPS) is 10.7. The monoisotopic (exact) mass is 431 g/mol. The van der Waals surface area contributed by atoms with E-state index in [9.17, 15) is 0 Å². The van der Waals surface area contributed by atoms with Crippen LogP contribution in [0.1, 0.15) is 26.0 Å². The summed E-state index contributed by atoms with van der Waals surface area (Å²) < 4.78 is 1.86. The predicted octanol–water partition coefficient (Wildman–Crippen LogP) is 5.71. The first-order chi connectivity index (χ1) is 10.1. The van der Waals surface area contributed by atoms with E-state index in [0.29, 0.717) is 10.8 Å². The molecule has 0 spiro atoms. The zero-order valence-corrected chi connectivity index (χ0v) is 15.8. The minimum atomic E-state index is 0.634. The van der Waals surface area contributed by atoms with Crippen molar-refractivity contribution in [3.05, 3.63) is 37.9 Å². The summed E-state index contributed by atoms with van der Waals surface area (Å²) in [5, 5.41) is 3.96. The number of benzene rings is 1. The molecular weight excluding hydrogens is 417 g/mol. The fraction of sp³-hybridized carbons (Fsp3) is 0.333. The van der Waals surface area contributed by atoms with E-state index < -0.39 is 0 Å². The van der Waals surface area contributed by atoms with Crippen molar-refractivity contribution in [2.24, 2.45) is 0 Å². The fourth-order valence-corrected chi connectivity index (χ4v) is 3.24. The van der Waals surface area contributed by atoms with Crippen LogP contribution in [0.2, 0.25) is 5.02 Å². The van der Waals surface area contributed by atoms with E-state index in [1.165, 1.54) is 0 Å². The molecule has 0 saturated carbocycles. The number of aryl methyl sites for hydroxylation is 1. The molecule has 3 nitrogen and oxygen atoms in total. The molecule has 1 N–H and O–H groups in total. The summed E-state index contributed by atoms with van der Waals surface area (Å²) in [7, 11) is 0. The Kier molecular flexibility index (Phi) is 6.02. The molecule has 0 radical (unpaired) electrons. The van der Waals surface area contributed by atoms with Crippen LogP contribution in [0.4, 0.5) is 5.82 Å². The molecule has 0 bridgehead atoms. The van der Waals surface area contributed by atoms with Crippen LogP contribution in [0.25, 0.3) is 11.4 Å². The van der Waals surface area contributed by atoms with Crippen molar-refractivity contribution in [1.29, 1.82) is 0 Å². The van der Waals surface area contributed by atoms with Crippen LogP contribution in [0, 0.1) is 0 Å². The Morgan fingerprint density at radius 1 is 1.19 bits per heavy atom. The van der Waals surface area contributed by atoms with Crippen LogP contribution >= 0.6 is 43.5 Å². The number of nitrogens with zero attached hydrogens (tertiary/aromatic N) is 2. The maximum Gasteiger partial charge on any atom is 0.163 e. The minimum Gasteiger partial charge on any atom is -0.369 e. The van der Waals surface area contributed by atoms with Crippen LogP contribution in [0.5, 0.6) is 0 Å². The molecule has 0 saturated heterocycles. The predicted molar refractivity (Wildman–Crippen MR) is 96.0 cm³/mol. The van der Waals surface area contributed by atoms with Crippen molar-refractivity contribution in [2.45, 2.75) is 26.7 Å². The SMILES string of the molecule is CCCNc1nc(-c2ccc(Br)cc2Cl)nc(CC)c1Br. The maximum atomic E-state index is 6.31. The second-order valence-electron chi connectivity index (χ2n) is 4.56. The van der Waals surface area contributed by atoms with Crippen LogP contribution in [-0.4, -0.2) is 16.5 Å². The molecule has 6 heteroatoms. The van der Waals surface area contributed by atoms with Crippen LogP contribution in [-0.2, 0) is 6.42 Å². The van der Waals surface area contributed by atoms with E-state index in [-0.39, 0.29) is 0 Å². The molecule has 21 heavy (non-hydrogen) atoms. The summed E-state index contributed by atoms with van der Waals surface area (Å²) >= 11 is 13.3. The lowest BCUT2D eigenvalue weighted by atomic mass is 10.2. The van der Waals surface area contributed by atoms with Gasteiger partial charge in [-0.1, -0.05) is 41.4 Å². The van der Waals surface area contributed by atoms with Gasteiger partial charge >= 0.3 is 0 Å². The van der Waals surface area contributed by atoms with Gasteiger partial charge in [0.2, 0.25) is 0 Å². The first kappa shape index (κ1) is 16.7. The lowest BCUT2D eigenvalue weighted by Gasteiger charge is -2.12. The molecule has 0 atom stereocenters. The molecule has 2 aromatic rings. The van der Waals surface area contributed by atoms with Gasteiger partial charge in [-0.05, 0) is 47.0 Å². The summed E-state index contributed by atoms with van der Waals surface area (Å²) in [5.74, 6) is 1.46. The number of anilines is 1. The molecule has 0 unspecified atom stereocenters. The van der Waals surface area contributed by atoms with Gasteiger partial charge in [-0.3, -0.25) is 0 Å². The Hall–Kier alpha value is -0.650. The Morgan fingerprint density at radius 3 is 2.57 bits per heavy atom. The molecule has 1 heterocycles. The number of hydrogen-bond donors (Lipinski definition) is 1. The lowest BCUT2D eigenvalue weighted by Crippen LogP contribution is -2.07. The van der Waals surface area contributed by atoms with Crippen molar-refractivity contribution in [2.75, 3.05) is 11.9 Å². The van der Waals surface area contributed by atoms with Crippen molar-refractivity contribution < 1.29 is 0 Å². The van der Waals surface area contributed by atoms with Gasteiger partial charge in [-0.15, -0.1) is 0 Å². The molecule has 0 aliphatic carbocycles. The molecule has 0 aliphatic rings. The highest BCUT2D eigenvalue weighted by Crippen LogP contribution is 2.32. The summed E-state index contributed by atoms with van der Waals surface area (Å²) in [6.45, 7) is 5.06. The summed E-state index contributed by atoms with van der Waals surface area (Å²) in [6.07, 6.45) is 1.86. The van der Waals surface area contributed by atoms with E-state index >= 15 is 0 Å². The van der Waals surface area contributed by atoms with Crippen molar-refractivity contribution in [1.82, 2.24) is 9.97 Å². The molecule has 2 rings (SSSR count). The van der Waals surface area contributed by atoms with E-state index in [2.05, 4.69) is 61.0 Å². The highest BCUT2D eigenvalue weighted by molar-refractivity contribution is 9.11. The zero-order valence-electron chi connectivity index (χ0n) is 11.9. The summed E-state index contributed by atoms with van der Waals surface area (Å²) in [5.41, 5.74) is 1.80. The molecule has 1 aromatic heterocycles. The van der Waals surface area contributed by atoms with Crippen LogP contribution in [0.15, 0.2) is 27.1 Å². The largest absolute Gasteiger partial charge is 0.369 e. The van der Waals surface area contributed by atoms with E-state index in [1.54, 1.807) is 0 Å². The van der Waals surface area contributed by atoms with Gasteiger partial charge in [-0.25, -0.2) is 9.97 Å². The Balaban J connectivity index is 2.52. The summed E-state index contributed by atoms with van der Waals surface area (Å²) in [6, 6.07) is 5.73. The number of hydrogen-bond acceptors (Lipinski definition) is 3. The van der Waals surface area contributed by atoms with E-state index in [4.69, 9.17) is 11.6 Å². The average Bonchev–Trinajstić information content (AvgIpc) is 2.46. The fourth-order valence-electron chi connectivity index (χ4n) is 1.88. The average molecular weight is 434 g/mol. The van der Waals surface area contributed by atoms with Crippen molar-refractivity contribution in [3.63, 3.8) is 0 Å². The molecule has 0 aliphatic heterocycles. The van der Waals surface area contributed by atoms with Gasteiger partial charge in [0.1, 0.15) is 5.82 Å². The third-order valence-electron chi connectivity index (χ3n) is 2.97. The van der Waals surface area contributed by atoms with Gasteiger partial charge in [0.15, 0.2) is 5.82 Å². The maximum absolute atomic E-state index is 6.31. The molecule has 0 amide bonds. The molecule has 112 valence electrons. The quantitative estimate of drug-likeness (QED) is 0.657. The minimum absolute atomic E-state index is 0.634. The second kappa shape index (κ2) is 7.56. The molecular formula is C15H16Br2ClN3. The Morgan fingerprint density at radius 2 is 1.95 bits per heavy atom. The molecule has 0 fully saturated rings. The second-order valence-corrected chi connectivity index (χ2v) is 6.68. The van der Waals surface area contributed by atoms with Crippen molar-refractivity contribution in [3.8, 4) is 11.4 Å². The Bertz CT molecular complexity index is 647. The third-order valence-corrected chi connectivity index (χ3v) is 4.61. The third kappa shape index (κ3) is 3.96. The first-order valence-electron chi connectivity index (χ1n) is 6.82. The number of aromatic nitrogens is 2. The first-order valence-corrected chi connectivity index (χ1v) is 8.78. The number of nitrogens with one attached hydrogen (secondary N) is 1. The van der Waals surface area contributed by atoms with E-state index in [1.807, 2.05) is 18.2 Å². The lowest BCUT2D eigenvalue weighted by molar-refractivity contribution is 0.944. The van der Waals surface area contributed by atoms with Crippen LogP contribution in [0.3, 0.4) is 0 Å². The Labute approximate surface area is 146 Å².